The Labute approximate surface area is 151 Å². The fraction of sp³-hybridized carbons (Fsp3) is 0.933. The number of thioether (sulfide) groups is 1. The van der Waals surface area contributed by atoms with E-state index in [0.29, 0.717) is 0 Å². The van der Waals surface area contributed by atoms with Crippen LogP contribution in [-0.2, 0) is 9.53 Å². The maximum atomic E-state index is 12.5. The summed E-state index contributed by atoms with van der Waals surface area (Å²) in [4.78, 5) is 12.5. The first kappa shape index (κ1) is 20.2. The van der Waals surface area contributed by atoms with Gasteiger partial charge >= 0.3 is 0 Å². The van der Waals surface area contributed by atoms with Crippen LogP contribution in [0.4, 0.5) is 0 Å². The second kappa shape index (κ2) is 9.02. The van der Waals surface area contributed by atoms with Crippen LogP contribution in [0.25, 0.3) is 0 Å². The monoisotopic (exact) mass is 382 g/mol. The van der Waals surface area contributed by atoms with Gasteiger partial charge in [-0.2, -0.15) is 0 Å². The van der Waals surface area contributed by atoms with Gasteiger partial charge in [0.2, 0.25) is 5.91 Å². The lowest BCUT2D eigenvalue weighted by Crippen LogP contribution is -2.65. The van der Waals surface area contributed by atoms with Crippen molar-refractivity contribution < 1.29 is 24.9 Å². The molecule has 9 heteroatoms. The number of nitrogens with one attached hydrogen (secondary N) is 2. The summed E-state index contributed by atoms with van der Waals surface area (Å²) in [5.41, 5.74) is -0.698. The van der Waals surface area contributed by atoms with Crippen molar-refractivity contribution in [1.29, 1.82) is 0 Å². The van der Waals surface area contributed by atoms with Crippen molar-refractivity contribution in [2.24, 2.45) is 0 Å². The molecule has 2 aliphatic rings. The standard InChI is InChI=1S/C15H27ClN2O5S/c1-7(16)9(18-14(22)8-5-3-4-6-17-8)13-11(20)10(19)12(21)15(23-13)24-2/h7-13,15,17,19-21H,3-6H2,1-2H3,(H,18,22)/t7?,8-,9?,10?,11?,12?,13?,15?/m0/s1. The van der Waals surface area contributed by atoms with Crippen molar-refractivity contribution in [3.8, 4) is 0 Å². The Morgan fingerprint density at radius 2 is 2.00 bits per heavy atom. The molecule has 1 amide bonds. The highest BCUT2D eigenvalue weighted by Gasteiger charge is 2.48. The van der Waals surface area contributed by atoms with Crippen LogP contribution < -0.4 is 10.6 Å². The highest BCUT2D eigenvalue weighted by molar-refractivity contribution is 7.99. The Morgan fingerprint density at radius 3 is 2.54 bits per heavy atom. The summed E-state index contributed by atoms with van der Waals surface area (Å²) >= 11 is 7.45. The number of aliphatic hydroxyl groups excluding tert-OH is 3. The Balaban J connectivity index is 2.09. The molecule has 0 radical (unpaired) electrons. The van der Waals surface area contributed by atoms with Crippen LogP contribution in [-0.4, -0.2) is 81.3 Å². The lowest BCUT2D eigenvalue weighted by Gasteiger charge is -2.44. The molecule has 2 heterocycles. The van der Waals surface area contributed by atoms with Crippen molar-refractivity contribution >= 4 is 29.3 Å². The minimum absolute atomic E-state index is 0.190. The topological polar surface area (TPSA) is 111 Å². The third-order valence-electron chi connectivity index (χ3n) is 4.62. The number of ether oxygens (including phenoxy) is 1. The smallest absolute Gasteiger partial charge is 0.237 e. The number of rotatable bonds is 5. The van der Waals surface area contributed by atoms with Crippen LogP contribution in [0.5, 0.6) is 0 Å². The maximum Gasteiger partial charge on any atom is 0.237 e. The number of halogens is 1. The Morgan fingerprint density at radius 1 is 1.29 bits per heavy atom. The minimum atomic E-state index is -1.36. The zero-order valence-corrected chi connectivity index (χ0v) is 15.5. The van der Waals surface area contributed by atoms with E-state index in [4.69, 9.17) is 16.3 Å². The summed E-state index contributed by atoms with van der Waals surface area (Å²) in [5.74, 6) is -0.190. The maximum absolute atomic E-state index is 12.5. The second-order valence-corrected chi connectivity index (χ2v) is 8.02. The van der Waals surface area contributed by atoms with Gasteiger partial charge in [-0.05, 0) is 32.6 Å². The molecule has 0 spiro atoms. The molecule has 0 aromatic carbocycles. The Kier molecular flexibility index (Phi) is 7.60. The van der Waals surface area contributed by atoms with Crippen LogP contribution in [0.2, 0.25) is 0 Å². The number of aliphatic hydroxyl groups is 3. The van der Waals surface area contributed by atoms with E-state index >= 15 is 0 Å². The van der Waals surface area contributed by atoms with Gasteiger partial charge in [0, 0.05) is 0 Å². The minimum Gasteiger partial charge on any atom is -0.388 e. The molecule has 0 bridgehead atoms. The average Bonchev–Trinajstić information content (AvgIpc) is 2.59. The number of carbonyl (C=O) groups is 1. The number of alkyl halides is 1. The summed E-state index contributed by atoms with van der Waals surface area (Å²) in [7, 11) is 0. The molecule has 2 rings (SSSR count). The van der Waals surface area contributed by atoms with Crippen molar-refractivity contribution in [1.82, 2.24) is 10.6 Å². The number of piperidine rings is 1. The molecule has 24 heavy (non-hydrogen) atoms. The molecule has 2 saturated heterocycles. The predicted molar refractivity (Wildman–Crippen MR) is 93.1 cm³/mol. The normalized spacial score (nSPS) is 39.9. The van der Waals surface area contributed by atoms with Crippen molar-refractivity contribution in [2.45, 2.75) is 73.5 Å². The molecule has 140 valence electrons. The van der Waals surface area contributed by atoms with E-state index < -0.39 is 41.3 Å². The summed E-state index contributed by atoms with van der Waals surface area (Å²) in [5, 5.41) is 35.8. The molecule has 5 N–H and O–H groups in total. The van der Waals surface area contributed by atoms with Crippen molar-refractivity contribution in [3.63, 3.8) is 0 Å². The molecule has 8 atom stereocenters. The van der Waals surface area contributed by atoms with Gasteiger partial charge in [-0.3, -0.25) is 4.79 Å². The summed E-state index contributed by atoms with van der Waals surface area (Å²) in [6.07, 6.45) is -0.291. The summed E-state index contributed by atoms with van der Waals surface area (Å²) in [6.45, 7) is 2.49. The van der Waals surface area contributed by atoms with Gasteiger partial charge < -0.3 is 30.7 Å². The zero-order chi connectivity index (χ0) is 17.9. The molecule has 2 fully saturated rings. The van der Waals surface area contributed by atoms with E-state index in [2.05, 4.69) is 10.6 Å². The van der Waals surface area contributed by atoms with Gasteiger partial charge in [0.05, 0.1) is 17.5 Å². The molecule has 0 aromatic heterocycles. The fourth-order valence-corrected chi connectivity index (χ4v) is 4.05. The quantitative estimate of drug-likeness (QED) is 0.404. The van der Waals surface area contributed by atoms with E-state index in [-0.39, 0.29) is 11.9 Å². The van der Waals surface area contributed by atoms with Gasteiger partial charge in [0.15, 0.2) is 0 Å². The number of carbonyl (C=O) groups excluding carboxylic acids is 1. The summed E-state index contributed by atoms with van der Waals surface area (Å²) in [6, 6.07) is -0.973. The van der Waals surface area contributed by atoms with Gasteiger partial charge in [-0.1, -0.05) is 6.42 Å². The SMILES string of the molecule is CSC1OC(C(NC(=O)[C@@H]2CCCCN2)C(C)Cl)C(O)C(O)C1O. The molecule has 0 aromatic rings. The van der Waals surface area contributed by atoms with Crippen LogP contribution >= 0.6 is 23.4 Å². The molecular formula is C15H27ClN2O5S. The summed E-state index contributed by atoms with van der Waals surface area (Å²) < 4.78 is 5.73. The van der Waals surface area contributed by atoms with Gasteiger partial charge in [0.1, 0.15) is 29.9 Å². The first-order valence-corrected chi connectivity index (χ1v) is 9.99. The van der Waals surface area contributed by atoms with E-state index in [1.807, 2.05) is 0 Å². The van der Waals surface area contributed by atoms with E-state index in [1.165, 1.54) is 11.8 Å². The van der Waals surface area contributed by atoms with Crippen LogP contribution in [0.15, 0.2) is 0 Å². The highest BCUT2D eigenvalue weighted by Crippen LogP contribution is 2.30. The van der Waals surface area contributed by atoms with Gasteiger partial charge in [-0.15, -0.1) is 23.4 Å². The third-order valence-corrected chi connectivity index (χ3v) is 5.75. The number of amides is 1. The third kappa shape index (κ3) is 4.55. The largest absolute Gasteiger partial charge is 0.388 e. The van der Waals surface area contributed by atoms with Crippen molar-refractivity contribution in [3.05, 3.63) is 0 Å². The number of hydrogen-bond donors (Lipinski definition) is 5. The fourth-order valence-electron chi connectivity index (χ4n) is 3.16. The predicted octanol–water partition coefficient (Wildman–Crippen LogP) is -0.589. The van der Waals surface area contributed by atoms with Gasteiger partial charge in [0.25, 0.3) is 0 Å². The van der Waals surface area contributed by atoms with E-state index in [1.54, 1.807) is 13.2 Å². The average molecular weight is 383 g/mol. The second-order valence-electron chi connectivity index (χ2n) is 6.39. The van der Waals surface area contributed by atoms with E-state index in [0.717, 1.165) is 25.8 Å². The Bertz CT molecular complexity index is 423. The lowest BCUT2D eigenvalue weighted by molar-refractivity contribution is -0.205. The zero-order valence-electron chi connectivity index (χ0n) is 13.9. The van der Waals surface area contributed by atoms with E-state index in [9.17, 15) is 20.1 Å². The van der Waals surface area contributed by atoms with Crippen LogP contribution in [0.3, 0.4) is 0 Å². The Hall–Kier alpha value is -0.0900. The molecule has 0 aliphatic carbocycles. The molecule has 7 unspecified atom stereocenters. The lowest BCUT2D eigenvalue weighted by atomic mass is 9.92. The molecule has 2 aliphatic heterocycles. The highest BCUT2D eigenvalue weighted by atomic mass is 35.5. The van der Waals surface area contributed by atoms with Crippen LogP contribution in [0, 0.1) is 0 Å². The van der Waals surface area contributed by atoms with Crippen molar-refractivity contribution in [2.75, 3.05) is 12.8 Å². The molecular weight excluding hydrogens is 356 g/mol. The molecule has 0 saturated carbocycles. The van der Waals surface area contributed by atoms with Crippen LogP contribution in [0.1, 0.15) is 26.2 Å². The first-order chi connectivity index (χ1) is 11.4. The van der Waals surface area contributed by atoms with Gasteiger partial charge in [-0.25, -0.2) is 0 Å². The molecule has 7 nitrogen and oxygen atoms in total. The first-order valence-electron chi connectivity index (χ1n) is 8.27. The number of hydrogen-bond acceptors (Lipinski definition) is 7.